The quantitative estimate of drug-likeness (QED) is 0.907. The molecule has 1 N–H and O–H groups in total. The largest absolute Gasteiger partial charge is 0.354 e. The Labute approximate surface area is 136 Å². The normalized spacial score (nSPS) is 17.8. The van der Waals surface area contributed by atoms with Crippen molar-refractivity contribution in [2.45, 2.75) is 33.2 Å². The van der Waals surface area contributed by atoms with E-state index in [1.807, 2.05) is 31.2 Å². The molecule has 1 atom stereocenters. The molecule has 0 aliphatic carbocycles. The number of nitrogens with one attached hydrogen (secondary N) is 1. The van der Waals surface area contributed by atoms with Crippen LogP contribution in [-0.2, 0) is 4.79 Å². The maximum absolute atomic E-state index is 12.7. The zero-order valence-corrected chi connectivity index (χ0v) is 14.3. The molecule has 1 aromatic carbocycles. The fourth-order valence-corrected chi connectivity index (χ4v) is 3.58. The first kappa shape index (κ1) is 16.9. The van der Waals surface area contributed by atoms with Gasteiger partial charge in [0.2, 0.25) is 5.91 Å². The lowest BCUT2D eigenvalue weighted by Gasteiger charge is -2.24. The van der Waals surface area contributed by atoms with E-state index in [0.29, 0.717) is 29.7 Å². The van der Waals surface area contributed by atoms with E-state index in [0.717, 1.165) is 12.0 Å². The third kappa shape index (κ3) is 4.03. The minimum atomic E-state index is -0.357. The SMILES string of the molecule is Cc1ccccc1C(=O)N1CSCC1C(=O)NCCC(C)C. The number of hydrogen-bond acceptors (Lipinski definition) is 3. The summed E-state index contributed by atoms with van der Waals surface area (Å²) in [5.74, 6) is 1.73. The van der Waals surface area contributed by atoms with Gasteiger partial charge in [-0.15, -0.1) is 11.8 Å². The third-order valence-corrected chi connectivity index (χ3v) is 4.85. The van der Waals surface area contributed by atoms with Gasteiger partial charge in [-0.1, -0.05) is 32.0 Å². The summed E-state index contributed by atoms with van der Waals surface area (Å²) in [6.45, 7) is 6.86. The highest BCUT2D eigenvalue weighted by Crippen LogP contribution is 2.24. The molecular weight excluding hydrogens is 296 g/mol. The standard InChI is InChI=1S/C17H24N2O2S/c1-12(2)8-9-18-16(20)15-10-22-11-19(15)17(21)14-7-5-4-6-13(14)3/h4-7,12,15H,8-11H2,1-3H3,(H,18,20). The topological polar surface area (TPSA) is 49.4 Å². The predicted octanol–water partition coefficient (Wildman–Crippen LogP) is 2.67. The second-order valence-electron chi connectivity index (χ2n) is 6.08. The smallest absolute Gasteiger partial charge is 0.255 e. The summed E-state index contributed by atoms with van der Waals surface area (Å²) in [5.41, 5.74) is 1.63. The van der Waals surface area contributed by atoms with Crippen molar-refractivity contribution in [3.05, 3.63) is 35.4 Å². The minimum absolute atomic E-state index is 0.0346. The van der Waals surface area contributed by atoms with Crippen LogP contribution in [0.1, 0.15) is 36.2 Å². The molecule has 1 aliphatic rings. The molecular formula is C17H24N2O2S. The minimum Gasteiger partial charge on any atom is -0.354 e. The average Bonchev–Trinajstić information content (AvgIpc) is 2.96. The fourth-order valence-electron chi connectivity index (χ4n) is 2.43. The van der Waals surface area contributed by atoms with Crippen LogP contribution in [-0.4, -0.2) is 40.9 Å². The molecule has 120 valence electrons. The molecule has 1 heterocycles. The van der Waals surface area contributed by atoms with Crippen LogP contribution in [0.25, 0.3) is 0 Å². The Morgan fingerprint density at radius 1 is 1.36 bits per heavy atom. The lowest BCUT2D eigenvalue weighted by Crippen LogP contribution is -2.47. The van der Waals surface area contributed by atoms with Crippen molar-refractivity contribution < 1.29 is 9.59 Å². The lowest BCUT2D eigenvalue weighted by atomic mass is 10.1. The number of rotatable bonds is 5. The van der Waals surface area contributed by atoms with Gasteiger partial charge >= 0.3 is 0 Å². The van der Waals surface area contributed by atoms with E-state index in [4.69, 9.17) is 0 Å². The molecule has 22 heavy (non-hydrogen) atoms. The fraction of sp³-hybridized carbons (Fsp3) is 0.529. The Balaban J connectivity index is 2.02. The second-order valence-corrected chi connectivity index (χ2v) is 7.08. The number of carbonyl (C=O) groups is 2. The molecule has 0 radical (unpaired) electrons. The van der Waals surface area contributed by atoms with Crippen molar-refractivity contribution in [1.82, 2.24) is 10.2 Å². The molecule has 0 saturated carbocycles. The van der Waals surface area contributed by atoms with E-state index in [9.17, 15) is 9.59 Å². The van der Waals surface area contributed by atoms with E-state index in [2.05, 4.69) is 19.2 Å². The van der Waals surface area contributed by atoms with Crippen LogP contribution < -0.4 is 5.32 Å². The van der Waals surface area contributed by atoms with Crippen LogP contribution in [0.5, 0.6) is 0 Å². The Hall–Kier alpha value is -1.49. The molecule has 2 amide bonds. The van der Waals surface area contributed by atoms with Crippen LogP contribution in [0.2, 0.25) is 0 Å². The summed E-state index contributed by atoms with van der Waals surface area (Å²) in [4.78, 5) is 26.7. The van der Waals surface area contributed by atoms with E-state index in [1.165, 1.54) is 0 Å². The Morgan fingerprint density at radius 2 is 2.09 bits per heavy atom. The van der Waals surface area contributed by atoms with Gasteiger partial charge in [-0.2, -0.15) is 0 Å². The number of carbonyl (C=O) groups excluding carboxylic acids is 2. The van der Waals surface area contributed by atoms with Crippen molar-refractivity contribution in [3.8, 4) is 0 Å². The number of amides is 2. The molecule has 2 rings (SSSR count). The second kappa shape index (κ2) is 7.68. The van der Waals surface area contributed by atoms with E-state index < -0.39 is 0 Å². The summed E-state index contributed by atoms with van der Waals surface area (Å²) in [6.07, 6.45) is 0.956. The number of thioether (sulfide) groups is 1. The zero-order valence-electron chi connectivity index (χ0n) is 13.5. The predicted molar refractivity (Wildman–Crippen MR) is 90.9 cm³/mol. The molecule has 5 heteroatoms. The highest BCUT2D eigenvalue weighted by Gasteiger charge is 2.35. The molecule has 0 bridgehead atoms. The van der Waals surface area contributed by atoms with Crippen molar-refractivity contribution >= 4 is 23.6 Å². The van der Waals surface area contributed by atoms with Crippen molar-refractivity contribution in [3.63, 3.8) is 0 Å². The molecule has 0 spiro atoms. The van der Waals surface area contributed by atoms with Crippen molar-refractivity contribution in [1.29, 1.82) is 0 Å². The van der Waals surface area contributed by atoms with Gasteiger partial charge in [0.05, 0.1) is 5.88 Å². The summed E-state index contributed by atoms with van der Waals surface area (Å²) >= 11 is 1.63. The van der Waals surface area contributed by atoms with Gasteiger partial charge in [-0.25, -0.2) is 0 Å². The monoisotopic (exact) mass is 320 g/mol. The summed E-state index contributed by atoms with van der Waals surface area (Å²) in [5, 5.41) is 2.96. The molecule has 1 aliphatic heterocycles. The summed E-state index contributed by atoms with van der Waals surface area (Å²) in [6, 6.07) is 7.18. The highest BCUT2D eigenvalue weighted by atomic mass is 32.2. The van der Waals surface area contributed by atoms with Crippen LogP contribution in [0.15, 0.2) is 24.3 Å². The number of benzene rings is 1. The third-order valence-electron chi connectivity index (χ3n) is 3.84. The maximum Gasteiger partial charge on any atom is 0.255 e. The molecule has 4 nitrogen and oxygen atoms in total. The van der Waals surface area contributed by atoms with Gasteiger partial charge in [0.25, 0.3) is 5.91 Å². The number of nitrogens with zero attached hydrogens (tertiary/aromatic N) is 1. The molecule has 1 saturated heterocycles. The van der Waals surface area contributed by atoms with Crippen LogP contribution >= 0.6 is 11.8 Å². The Bertz CT molecular complexity index is 545. The van der Waals surface area contributed by atoms with Gasteiger partial charge in [0.1, 0.15) is 6.04 Å². The van der Waals surface area contributed by atoms with Gasteiger partial charge in [0, 0.05) is 17.9 Å². The molecule has 1 fully saturated rings. The van der Waals surface area contributed by atoms with Crippen molar-refractivity contribution in [2.75, 3.05) is 18.2 Å². The van der Waals surface area contributed by atoms with Crippen LogP contribution in [0.3, 0.4) is 0 Å². The first-order valence-electron chi connectivity index (χ1n) is 7.72. The zero-order chi connectivity index (χ0) is 16.1. The van der Waals surface area contributed by atoms with E-state index >= 15 is 0 Å². The number of aryl methyl sites for hydroxylation is 1. The number of hydrogen-bond donors (Lipinski definition) is 1. The molecule has 1 aromatic rings. The van der Waals surface area contributed by atoms with Gasteiger partial charge < -0.3 is 10.2 Å². The van der Waals surface area contributed by atoms with Gasteiger partial charge in [-0.3, -0.25) is 9.59 Å². The highest BCUT2D eigenvalue weighted by molar-refractivity contribution is 7.99. The van der Waals surface area contributed by atoms with Crippen molar-refractivity contribution in [2.24, 2.45) is 5.92 Å². The summed E-state index contributed by atoms with van der Waals surface area (Å²) in [7, 11) is 0. The van der Waals surface area contributed by atoms with Gasteiger partial charge in [0.15, 0.2) is 0 Å². The summed E-state index contributed by atoms with van der Waals surface area (Å²) < 4.78 is 0. The Morgan fingerprint density at radius 3 is 2.77 bits per heavy atom. The van der Waals surface area contributed by atoms with Crippen LogP contribution in [0.4, 0.5) is 0 Å². The first-order chi connectivity index (χ1) is 10.5. The maximum atomic E-state index is 12.7. The lowest BCUT2D eigenvalue weighted by molar-refractivity contribution is -0.124. The molecule has 0 aromatic heterocycles. The average molecular weight is 320 g/mol. The first-order valence-corrected chi connectivity index (χ1v) is 8.88. The van der Waals surface area contributed by atoms with E-state index in [-0.39, 0.29) is 17.9 Å². The van der Waals surface area contributed by atoms with Gasteiger partial charge in [-0.05, 0) is 30.9 Å². The van der Waals surface area contributed by atoms with Crippen LogP contribution in [0, 0.1) is 12.8 Å². The molecule has 1 unspecified atom stereocenters. The Kier molecular flexibility index (Phi) is 5.89. The van der Waals surface area contributed by atoms with E-state index in [1.54, 1.807) is 16.7 Å².